The Morgan fingerprint density at radius 1 is 1.10 bits per heavy atom. The summed E-state index contributed by atoms with van der Waals surface area (Å²) < 4.78 is 12.7. The number of aromatic nitrogens is 3. The highest BCUT2D eigenvalue weighted by Gasteiger charge is 2.25. The van der Waals surface area contributed by atoms with Crippen molar-refractivity contribution < 1.29 is 18.4 Å². The summed E-state index contributed by atoms with van der Waals surface area (Å²) in [6.45, 7) is 0.210. The normalized spacial score (nSPS) is 14.5. The summed E-state index contributed by atoms with van der Waals surface area (Å²) in [4.78, 5) is 24.1. The first-order chi connectivity index (χ1) is 14.7. The minimum Gasteiger partial charge on any atom is -0.467 e. The SMILES string of the molecule is O=C(CSc1nnc(-c2ccco2)n1C1CCCCC1)NC(=O)NCc1ccco1. The standard InChI is InChI=1S/C20H23N5O4S/c26-17(22-19(27)21-12-15-8-4-10-28-15)13-30-20-24-23-18(16-9-5-11-29-16)25(20)14-6-2-1-3-7-14/h4-5,8-11,14H,1-3,6-7,12-13H2,(H2,21,22,26,27). The lowest BCUT2D eigenvalue weighted by Gasteiger charge is -2.25. The van der Waals surface area contributed by atoms with E-state index in [0.717, 1.165) is 25.7 Å². The predicted molar refractivity (Wildman–Crippen MR) is 110 cm³/mol. The fourth-order valence-electron chi connectivity index (χ4n) is 3.54. The Morgan fingerprint density at radius 3 is 2.63 bits per heavy atom. The molecule has 0 saturated heterocycles. The van der Waals surface area contributed by atoms with E-state index in [4.69, 9.17) is 8.83 Å². The molecule has 3 amide bonds. The van der Waals surface area contributed by atoms with Gasteiger partial charge in [0, 0.05) is 6.04 Å². The summed E-state index contributed by atoms with van der Waals surface area (Å²) in [5.41, 5.74) is 0. The van der Waals surface area contributed by atoms with Gasteiger partial charge in [-0.2, -0.15) is 0 Å². The third-order valence-corrected chi connectivity index (χ3v) is 5.88. The highest BCUT2D eigenvalue weighted by atomic mass is 32.2. The van der Waals surface area contributed by atoms with Crippen molar-refractivity contribution in [1.82, 2.24) is 25.4 Å². The lowest BCUT2D eigenvalue weighted by Crippen LogP contribution is -2.39. The third-order valence-electron chi connectivity index (χ3n) is 4.93. The lowest BCUT2D eigenvalue weighted by atomic mass is 9.95. The van der Waals surface area contributed by atoms with Crippen molar-refractivity contribution in [3.8, 4) is 11.6 Å². The minimum atomic E-state index is -0.568. The molecule has 2 N–H and O–H groups in total. The molecule has 0 radical (unpaired) electrons. The Hall–Kier alpha value is -3.01. The second kappa shape index (κ2) is 9.66. The number of carbonyl (C=O) groups is 2. The molecule has 1 aliphatic carbocycles. The molecule has 0 spiro atoms. The van der Waals surface area contributed by atoms with Crippen molar-refractivity contribution >= 4 is 23.7 Å². The maximum absolute atomic E-state index is 12.2. The summed E-state index contributed by atoms with van der Waals surface area (Å²) >= 11 is 1.26. The maximum atomic E-state index is 12.2. The Bertz CT molecular complexity index is 962. The number of hydrogen-bond acceptors (Lipinski definition) is 7. The fraction of sp³-hybridized carbons (Fsp3) is 0.400. The molecule has 3 aromatic heterocycles. The average Bonchev–Trinajstić information content (AvgIpc) is 3.53. The topological polar surface area (TPSA) is 115 Å². The number of urea groups is 1. The number of rotatable bonds is 7. The molecule has 1 fully saturated rings. The van der Waals surface area contributed by atoms with Gasteiger partial charge < -0.3 is 14.2 Å². The molecule has 0 bridgehead atoms. The van der Waals surface area contributed by atoms with Crippen LogP contribution in [-0.2, 0) is 11.3 Å². The molecule has 0 aromatic carbocycles. The second-order valence-electron chi connectivity index (χ2n) is 7.04. The van der Waals surface area contributed by atoms with Gasteiger partial charge in [0.2, 0.25) is 11.7 Å². The van der Waals surface area contributed by atoms with Crippen LogP contribution in [0.15, 0.2) is 50.8 Å². The van der Waals surface area contributed by atoms with Gasteiger partial charge in [0.15, 0.2) is 10.9 Å². The highest BCUT2D eigenvalue weighted by molar-refractivity contribution is 7.99. The van der Waals surface area contributed by atoms with Gasteiger partial charge in [-0.3, -0.25) is 14.7 Å². The van der Waals surface area contributed by atoms with Crippen molar-refractivity contribution in [2.24, 2.45) is 0 Å². The zero-order chi connectivity index (χ0) is 20.8. The van der Waals surface area contributed by atoms with Gasteiger partial charge in [-0.1, -0.05) is 31.0 Å². The van der Waals surface area contributed by atoms with Gasteiger partial charge in [0.05, 0.1) is 24.8 Å². The van der Waals surface area contributed by atoms with Crippen LogP contribution in [0.1, 0.15) is 43.9 Å². The molecule has 0 unspecified atom stereocenters. The molecule has 3 aromatic rings. The number of nitrogens with one attached hydrogen (secondary N) is 2. The molecule has 0 aliphatic heterocycles. The van der Waals surface area contributed by atoms with E-state index in [1.807, 2.05) is 12.1 Å². The number of carbonyl (C=O) groups excluding carboxylic acids is 2. The van der Waals surface area contributed by atoms with E-state index in [1.54, 1.807) is 18.4 Å². The number of thioether (sulfide) groups is 1. The number of hydrogen-bond donors (Lipinski definition) is 2. The van der Waals surface area contributed by atoms with Crippen LogP contribution in [0, 0.1) is 0 Å². The van der Waals surface area contributed by atoms with E-state index >= 15 is 0 Å². The molecule has 0 atom stereocenters. The van der Waals surface area contributed by atoms with Crippen LogP contribution in [-0.4, -0.2) is 32.5 Å². The van der Waals surface area contributed by atoms with Crippen LogP contribution in [0.2, 0.25) is 0 Å². The van der Waals surface area contributed by atoms with Crippen LogP contribution in [0.3, 0.4) is 0 Å². The molecular weight excluding hydrogens is 406 g/mol. The van der Waals surface area contributed by atoms with Crippen LogP contribution in [0.4, 0.5) is 4.79 Å². The molecule has 1 aliphatic rings. The van der Waals surface area contributed by atoms with Crippen molar-refractivity contribution in [1.29, 1.82) is 0 Å². The second-order valence-corrected chi connectivity index (χ2v) is 7.99. The first kappa shape index (κ1) is 20.3. The largest absolute Gasteiger partial charge is 0.467 e. The van der Waals surface area contributed by atoms with E-state index in [1.165, 1.54) is 24.4 Å². The van der Waals surface area contributed by atoms with Gasteiger partial charge in [-0.05, 0) is 37.1 Å². The van der Waals surface area contributed by atoms with Crippen molar-refractivity contribution in [2.45, 2.75) is 49.8 Å². The first-order valence-corrected chi connectivity index (χ1v) is 10.9. The molecule has 3 heterocycles. The molecule has 158 valence electrons. The molecule has 30 heavy (non-hydrogen) atoms. The van der Waals surface area contributed by atoms with Crippen molar-refractivity contribution in [2.75, 3.05) is 5.75 Å². The Kier molecular flexibility index (Phi) is 6.53. The number of amides is 3. The van der Waals surface area contributed by atoms with E-state index in [0.29, 0.717) is 22.5 Å². The van der Waals surface area contributed by atoms with E-state index < -0.39 is 11.9 Å². The smallest absolute Gasteiger partial charge is 0.321 e. The van der Waals surface area contributed by atoms with Crippen molar-refractivity contribution in [3.63, 3.8) is 0 Å². The lowest BCUT2D eigenvalue weighted by molar-refractivity contribution is -0.117. The van der Waals surface area contributed by atoms with E-state index in [2.05, 4.69) is 25.4 Å². The van der Waals surface area contributed by atoms with Gasteiger partial charge >= 0.3 is 6.03 Å². The quantitative estimate of drug-likeness (QED) is 0.550. The van der Waals surface area contributed by atoms with Gasteiger partial charge in [-0.25, -0.2) is 4.79 Å². The summed E-state index contributed by atoms with van der Waals surface area (Å²) in [5.74, 6) is 1.58. The highest BCUT2D eigenvalue weighted by Crippen LogP contribution is 2.35. The molecule has 10 heteroatoms. The molecule has 9 nitrogen and oxygen atoms in total. The molecule has 4 rings (SSSR count). The third kappa shape index (κ3) is 4.93. The zero-order valence-corrected chi connectivity index (χ0v) is 17.2. The average molecular weight is 430 g/mol. The van der Waals surface area contributed by atoms with Crippen LogP contribution in [0.5, 0.6) is 0 Å². The monoisotopic (exact) mass is 429 g/mol. The number of furan rings is 2. The molecular formula is C20H23N5O4S. The van der Waals surface area contributed by atoms with Gasteiger partial charge in [-0.15, -0.1) is 10.2 Å². The van der Waals surface area contributed by atoms with Crippen LogP contribution < -0.4 is 10.6 Å². The summed E-state index contributed by atoms with van der Waals surface area (Å²) in [5, 5.41) is 14.2. The van der Waals surface area contributed by atoms with Gasteiger partial charge in [0.25, 0.3) is 0 Å². The van der Waals surface area contributed by atoms with E-state index in [-0.39, 0.29) is 18.3 Å². The van der Waals surface area contributed by atoms with Crippen molar-refractivity contribution in [3.05, 3.63) is 42.6 Å². The number of imide groups is 1. The minimum absolute atomic E-state index is 0.0528. The summed E-state index contributed by atoms with van der Waals surface area (Å²) in [6, 6.07) is 6.85. The van der Waals surface area contributed by atoms with Gasteiger partial charge in [0.1, 0.15) is 5.76 Å². The molecule has 1 saturated carbocycles. The number of nitrogens with zero attached hydrogens (tertiary/aromatic N) is 3. The fourth-order valence-corrected chi connectivity index (χ4v) is 4.34. The van der Waals surface area contributed by atoms with E-state index in [9.17, 15) is 9.59 Å². The Morgan fingerprint density at radius 2 is 1.90 bits per heavy atom. The summed E-state index contributed by atoms with van der Waals surface area (Å²) in [7, 11) is 0. The predicted octanol–water partition coefficient (Wildman–Crippen LogP) is 3.75. The Labute approximate surface area is 177 Å². The zero-order valence-electron chi connectivity index (χ0n) is 16.4. The first-order valence-electron chi connectivity index (χ1n) is 9.92. The maximum Gasteiger partial charge on any atom is 0.321 e. The summed E-state index contributed by atoms with van der Waals surface area (Å²) in [6.07, 6.45) is 8.75. The van der Waals surface area contributed by atoms with Crippen LogP contribution in [0.25, 0.3) is 11.6 Å². The van der Waals surface area contributed by atoms with Crippen LogP contribution >= 0.6 is 11.8 Å². The Balaban J connectivity index is 1.37.